The van der Waals surface area contributed by atoms with E-state index in [0.29, 0.717) is 12.1 Å². The smallest absolute Gasteiger partial charge is 0.236 e. The SMILES string of the molecule is CCN(C(=O)CN)C1CCC(N(C)C)CC1. The molecule has 4 nitrogen and oxygen atoms in total. The highest BCUT2D eigenvalue weighted by atomic mass is 16.2. The van der Waals surface area contributed by atoms with Gasteiger partial charge >= 0.3 is 0 Å². The number of rotatable bonds is 4. The Kier molecular flexibility index (Phi) is 5.22. The van der Waals surface area contributed by atoms with Crippen molar-refractivity contribution in [1.82, 2.24) is 9.80 Å². The molecule has 94 valence electrons. The Labute approximate surface area is 98.8 Å². The van der Waals surface area contributed by atoms with E-state index in [1.54, 1.807) is 0 Å². The van der Waals surface area contributed by atoms with Gasteiger partial charge in [0.1, 0.15) is 0 Å². The first-order valence-corrected chi connectivity index (χ1v) is 6.26. The summed E-state index contributed by atoms with van der Waals surface area (Å²) in [5.74, 6) is 0.0933. The Hall–Kier alpha value is -0.610. The Morgan fingerprint density at radius 1 is 1.19 bits per heavy atom. The standard InChI is InChI=1S/C12H25N3O/c1-4-15(12(16)9-13)11-7-5-10(6-8-11)14(2)3/h10-11H,4-9,13H2,1-3H3. The zero-order valence-electron chi connectivity index (χ0n) is 10.8. The number of hydrogen-bond acceptors (Lipinski definition) is 3. The normalized spacial score (nSPS) is 25.8. The minimum Gasteiger partial charge on any atom is -0.339 e. The fraction of sp³-hybridized carbons (Fsp3) is 0.917. The van der Waals surface area contributed by atoms with Crippen molar-refractivity contribution in [2.75, 3.05) is 27.2 Å². The summed E-state index contributed by atoms with van der Waals surface area (Å²) < 4.78 is 0. The predicted octanol–water partition coefficient (Wildman–Crippen LogP) is 0.666. The van der Waals surface area contributed by atoms with Gasteiger partial charge in [0.2, 0.25) is 5.91 Å². The first-order chi connectivity index (χ1) is 7.60. The van der Waals surface area contributed by atoms with Crippen molar-refractivity contribution in [2.45, 2.75) is 44.7 Å². The van der Waals surface area contributed by atoms with E-state index >= 15 is 0 Å². The van der Waals surface area contributed by atoms with Crippen LogP contribution in [-0.2, 0) is 4.79 Å². The number of hydrogen-bond donors (Lipinski definition) is 1. The molecule has 0 aromatic carbocycles. The number of carbonyl (C=O) groups excluding carboxylic acids is 1. The van der Waals surface area contributed by atoms with Crippen LogP contribution in [-0.4, -0.2) is 55.0 Å². The first kappa shape index (κ1) is 13.5. The Bertz CT molecular complexity index is 222. The summed E-state index contributed by atoms with van der Waals surface area (Å²) in [6, 6.07) is 1.10. The third-order valence-electron chi connectivity index (χ3n) is 3.67. The van der Waals surface area contributed by atoms with Crippen molar-refractivity contribution in [2.24, 2.45) is 5.73 Å². The Balaban J connectivity index is 2.48. The highest BCUT2D eigenvalue weighted by Crippen LogP contribution is 2.25. The number of carbonyl (C=O) groups is 1. The lowest BCUT2D eigenvalue weighted by atomic mass is 9.89. The predicted molar refractivity (Wildman–Crippen MR) is 66.2 cm³/mol. The average molecular weight is 227 g/mol. The molecule has 0 saturated heterocycles. The third kappa shape index (κ3) is 3.19. The number of nitrogens with two attached hydrogens (primary N) is 1. The molecule has 1 rings (SSSR count). The largest absolute Gasteiger partial charge is 0.339 e. The van der Waals surface area contributed by atoms with Crippen molar-refractivity contribution < 1.29 is 4.79 Å². The van der Waals surface area contributed by atoms with Gasteiger partial charge in [-0.15, -0.1) is 0 Å². The summed E-state index contributed by atoms with van der Waals surface area (Å²) in [5.41, 5.74) is 5.43. The van der Waals surface area contributed by atoms with Crippen molar-refractivity contribution in [3.8, 4) is 0 Å². The second kappa shape index (κ2) is 6.21. The molecule has 0 radical (unpaired) electrons. The van der Waals surface area contributed by atoms with E-state index in [4.69, 9.17) is 5.73 Å². The number of nitrogens with zero attached hydrogens (tertiary/aromatic N) is 2. The van der Waals surface area contributed by atoms with E-state index in [2.05, 4.69) is 19.0 Å². The summed E-state index contributed by atoms with van der Waals surface area (Å²) in [6.07, 6.45) is 4.60. The molecule has 1 fully saturated rings. The van der Waals surface area contributed by atoms with Gasteiger partial charge in [-0.3, -0.25) is 4.79 Å². The summed E-state index contributed by atoms with van der Waals surface area (Å²) >= 11 is 0. The summed E-state index contributed by atoms with van der Waals surface area (Å²) in [5, 5.41) is 0. The molecular formula is C12H25N3O. The van der Waals surface area contributed by atoms with Crippen LogP contribution in [0.1, 0.15) is 32.6 Å². The average Bonchev–Trinajstić information content (AvgIpc) is 2.30. The maximum absolute atomic E-state index is 11.6. The van der Waals surface area contributed by atoms with Crippen LogP contribution >= 0.6 is 0 Å². The minimum absolute atomic E-state index is 0.0933. The summed E-state index contributed by atoms with van der Waals surface area (Å²) in [6.45, 7) is 2.96. The van der Waals surface area contributed by atoms with Crippen molar-refractivity contribution in [3.05, 3.63) is 0 Å². The molecule has 1 aliphatic carbocycles. The molecule has 2 N–H and O–H groups in total. The maximum Gasteiger partial charge on any atom is 0.236 e. The van der Waals surface area contributed by atoms with Crippen molar-refractivity contribution in [1.29, 1.82) is 0 Å². The fourth-order valence-corrected chi connectivity index (χ4v) is 2.64. The zero-order chi connectivity index (χ0) is 12.1. The third-order valence-corrected chi connectivity index (χ3v) is 3.67. The number of amides is 1. The van der Waals surface area contributed by atoms with Crippen LogP contribution in [0, 0.1) is 0 Å². The van der Waals surface area contributed by atoms with Crippen LogP contribution in [0.3, 0.4) is 0 Å². The maximum atomic E-state index is 11.6. The van der Waals surface area contributed by atoms with Gasteiger partial charge in [-0.25, -0.2) is 0 Å². The topological polar surface area (TPSA) is 49.6 Å². The van der Waals surface area contributed by atoms with E-state index in [-0.39, 0.29) is 12.5 Å². The molecule has 4 heteroatoms. The quantitative estimate of drug-likeness (QED) is 0.768. The molecule has 0 heterocycles. The zero-order valence-corrected chi connectivity index (χ0v) is 10.8. The molecule has 0 aromatic heterocycles. The molecule has 1 amide bonds. The van der Waals surface area contributed by atoms with Crippen LogP contribution < -0.4 is 5.73 Å². The summed E-state index contributed by atoms with van der Waals surface area (Å²) in [4.78, 5) is 15.9. The molecule has 16 heavy (non-hydrogen) atoms. The van der Waals surface area contributed by atoms with E-state index in [9.17, 15) is 4.79 Å². The van der Waals surface area contributed by atoms with E-state index in [1.807, 2.05) is 11.8 Å². The molecule has 0 aromatic rings. The highest BCUT2D eigenvalue weighted by Gasteiger charge is 2.27. The van der Waals surface area contributed by atoms with Gasteiger partial charge < -0.3 is 15.5 Å². The van der Waals surface area contributed by atoms with Gasteiger partial charge in [-0.1, -0.05) is 0 Å². The van der Waals surface area contributed by atoms with Crippen LogP contribution in [0.4, 0.5) is 0 Å². The van der Waals surface area contributed by atoms with Crippen molar-refractivity contribution in [3.63, 3.8) is 0 Å². The molecular weight excluding hydrogens is 202 g/mol. The van der Waals surface area contributed by atoms with E-state index in [0.717, 1.165) is 19.4 Å². The number of likely N-dealkylation sites (N-methyl/N-ethyl adjacent to an activating group) is 1. The molecule has 0 aliphatic heterocycles. The van der Waals surface area contributed by atoms with Gasteiger partial charge in [-0.05, 0) is 46.7 Å². The van der Waals surface area contributed by atoms with Crippen LogP contribution in [0.2, 0.25) is 0 Å². The monoisotopic (exact) mass is 227 g/mol. The van der Waals surface area contributed by atoms with Crippen LogP contribution in [0.25, 0.3) is 0 Å². The van der Waals surface area contributed by atoms with Gasteiger partial charge in [0.25, 0.3) is 0 Å². The highest BCUT2D eigenvalue weighted by molar-refractivity contribution is 5.78. The first-order valence-electron chi connectivity index (χ1n) is 6.26. The van der Waals surface area contributed by atoms with Gasteiger partial charge in [0.05, 0.1) is 6.54 Å². The fourth-order valence-electron chi connectivity index (χ4n) is 2.64. The van der Waals surface area contributed by atoms with Gasteiger partial charge in [0.15, 0.2) is 0 Å². The lowest BCUT2D eigenvalue weighted by Crippen LogP contribution is -2.46. The minimum atomic E-state index is 0.0933. The Morgan fingerprint density at radius 2 is 1.69 bits per heavy atom. The van der Waals surface area contributed by atoms with Crippen molar-refractivity contribution >= 4 is 5.91 Å². The lowest BCUT2D eigenvalue weighted by molar-refractivity contribution is -0.132. The lowest BCUT2D eigenvalue weighted by Gasteiger charge is -2.38. The van der Waals surface area contributed by atoms with Crippen LogP contribution in [0.15, 0.2) is 0 Å². The molecule has 0 atom stereocenters. The second-order valence-corrected chi connectivity index (χ2v) is 4.81. The molecule has 0 bridgehead atoms. The Morgan fingerprint density at radius 3 is 2.06 bits per heavy atom. The van der Waals surface area contributed by atoms with E-state index < -0.39 is 0 Å². The van der Waals surface area contributed by atoms with E-state index in [1.165, 1.54) is 12.8 Å². The van der Waals surface area contributed by atoms with Crippen LogP contribution in [0.5, 0.6) is 0 Å². The van der Waals surface area contributed by atoms with Gasteiger partial charge in [-0.2, -0.15) is 0 Å². The molecule has 1 aliphatic rings. The van der Waals surface area contributed by atoms with Gasteiger partial charge in [0, 0.05) is 18.6 Å². The molecule has 0 spiro atoms. The second-order valence-electron chi connectivity index (χ2n) is 4.81. The molecule has 1 saturated carbocycles. The molecule has 0 unspecified atom stereocenters. The summed E-state index contributed by atoms with van der Waals surface area (Å²) in [7, 11) is 4.27.